The van der Waals surface area contributed by atoms with E-state index in [4.69, 9.17) is 9.47 Å². The Morgan fingerprint density at radius 3 is 2.73 bits per heavy atom. The number of likely N-dealkylation sites (tertiary alicyclic amines) is 1. The monoisotopic (exact) mass is 328 g/mol. The van der Waals surface area contributed by atoms with Gasteiger partial charge in [-0.25, -0.2) is 4.79 Å². The van der Waals surface area contributed by atoms with Crippen molar-refractivity contribution in [3.63, 3.8) is 0 Å². The van der Waals surface area contributed by atoms with Crippen LogP contribution in [0.15, 0.2) is 30.3 Å². The van der Waals surface area contributed by atoms with Gasteiger partial charge in [0.15, 0.2) is 0 Å². The first-order chi connectivity index (χ1) is 10.2. The number of carbonyl (C=O) groups excluding carboxylic acids is 1. The maximum atomic E-state index is 11.8. The second kappa shape index (κ2) is 9.66. The molecule has 1 amide bonds. The lowest BCUT2D eigenvalue weighted by atomic mass is 10.0. The largest absolute Gasteiger partial charge is 0.450 e. The molecule has 0 unspecified atom stereocenters. The number of ether oxygens (including phenoxy) is 2. The summed E-state index contributed by atoms with van der Waals surface area (Å²) in [6.45, 7) is 4.31. The van der Waals surface area contributed by atoms with Crippen LogP contribution in [-0.4, -0.2) is 49.9 Å². The summed E-state index contributed by atoms with van der Waals surface area (Å²) in [4.78, 5) is 13.5. The molecular formula is C16H25ClN2O3. The van der Waals surface area contributed by atoms with E-state index in [0.29, 0.717) is 19.7 Å². The van der Waals surface area contributed by atoms with Crippen LogP contribution in [0.4, 0.5) is 4.79 Å². The quantitative estimate of drug-likeness (QED) is 0.902. The Labute approximate surface area is 138 Å². The lowest BCUT2D eigenvalue weighted by Gasteiger charge is -2.37. The average molecular weight is 329 g/mol. The molecule has 0 radical (unpaired) electrons. The number of piperidine rings is 1. The third-order valence-electron chi connectivity index (χ3n) is 3.80. The predicted molar refractivity (Wildman–Crippen MR) is 88.3 cm³/mol. The molecule has 0 bridgehead atoms. The molecule has 2 rings (SSSR count). The maximum Gasteiger partial charge on any atom is 0.409 e. The van der Waals surface area contributed by atoms with Crippen LogP contribution < -0.4 is 5.32 Å². The highest BCUT2D eigenvalue weighted by atomic mass is 35.5. The van der Waals surface area contributed by atoms with Crippen molar-refractivity contribution in [2.75, 3.05) is 26.8 Å². The Morgan fingerprint density at radius 1 is 1.36 bits per heavy atom. The molecule has 1 fully saturated rings. The van der Waals surface area contributed by atoms with Crippen LogP contribution >= 0.6 is 12.4 Å². The summed E-state index contributed by atoms with van der Waals surface area (Å²) >= 11 is 0. The van der Waals surface area contributed by atoms with Gasteiger partial charge in [0.25, 0.3) is 0 Å². The molecule has 0 spiro atoms. The van der Waals surface area contributed by atoms with Crippen LogP contribution in [0.1, 0.15) is 18.9 Å². The minimum atomic E-state index is -0.249. The van der Waals surface area contributed by atoms with Crippen LogP contribution in [0.3, 0.4) is 0 Å². The number of nitrogens with one attached hydrogen (secondary N) is 1. The molecule has 1 N–H and O–H groups in total. The van der Waals surface area contributed by atoms with Gasteiger partial charge >= 0.3 is 6.09 Å². The highest BCUT2D eigenvalue weighted by Crippen LogP contribution is 2.15. The van der Waals surface area contributed by atoms with Crippen molar-refractivity contribution < 1.29 is 14.3 Å². The minimum absolute atomic E-state index is 0. The Balaban J connectivity index is 0.00000242. The van der Waals surface area contributed by atoms with Gasteiger partial charge in [-0.05, 0) is 18.9 Å². The number of nitrogens with zero attached hydrogens (tertiary/aromatic N) is 1. The van der Waals surface area contributed by atoms with Crippen molar-refractivity contribution >= 4 is 18.5 Å². The van der Waals surface area contributed by atoms with Gasteiger partial charge in [-0.2, -0.15) is 0 Å². The molecule has 5 nitrogen and oxygen atoms in total. The number of hydrogen-bond donors (Lipinski definition) is 1. The van der Waals surface area contributed by atoms with Crippen LogP contribution in [-0.2, 0) is 16.0 Å². The van der Waals surface area contributed by atoms with Gasteiger partial charge in [0.2, 0.25) is 0 Å². The first-order valence-corrected chi connectivity index (χ1v) is 7.46. The third kappa shape index (κ3) is 5.16. The van der Waals surface area contributed by atoms with Gasteiger partial charge in [0, 0.05) is 26.2 Å². The molecule has 0 saturated carbocycles. The number of benzene rings is 1. The lowest BCUT2D eigenvalue weighted by Crippen LogP contribution is -2.54. The Morgan fingerprint density at radius 2 is 2.09 bits per heavy atom. The average Bonchev–Trinajstić information content (AvgIpc) is 2.54. The highest BCUT2D eigenvalue weighted by molar-refractivity contribution is 5.85. The molecule has 0 aromatic heterocycles. The normalized spacial score (nSPS) is 21.1. The molecule has 124 valence electrons. The fourth-order valence-electron chi connectivity index (χ4n) is 2.61. The summed E-state index contributed by atoms with van der Waals surface area (Å²) in [6.07, 6.45) is 0.609. The summed E-state index contributed by atoms with van der Waals surface area (Å²) in [5.41, 5.74) is 1.25. The summed E-state index contributed by atoms with van der Waals surface area (Å²) in [6, 6.07) is 10.5. The molecule has 22 heavy (non-hydrogen) atoms. The van der Waals surface area contributed by atoms with Crippen molar-refractivity contribution in [1.82, 2.24) is 10.2 Å². The summed E-state index contributed by atoms with van der Waals surface area (Å²) in [5, 5.41) is 3.53. The first-order valence-electron chi connectivity index (χ1n) is 7.46. The Bertz CT molecular complexity index is 444. The zero-order valence-corrected chi connectivity index (χ0v) is 14.0. The summed E-state index contributed by atoms with van der Waals surface area (Å²) in [7, 11) is 1.69. The molecule has 1 saturated heterocycles. The Kier molecular flexibility index (Phi) is 8.24. The van der Waals surface area contributed by atoms with Crippen molar-refractivity contribution in [2.24, 2.45) is 0 Å². The Hall–Kier alpha value is -1.30. The number of rotatable bonds is 5. The van der Waals surface area contributed by atoms with Crippen LogP contribution in [0.2, 0.25) is 0 Å². The van der Waals surface area contributed by atoms with E-state index < -0.39 is 0 Å². The SMILES string of the molecule is CCOC(=O)N1CC[C@H](NCc2ccccc2)[C@H](OC)C1.Cl. The summed E-state index contributed by atoms with van der Waals surface area (Å²) in [5.74, 6) is 0. The van der Waals surface area contributed by atoms with Crippen molar-refractivity contribution in [2.45, 2.75) is 32.0 Å². The van der Waals surface area contributed by atoms with Gasteiger partial charge in [-0.3, -0.25) is 0 Å². The minimum Gasteiger partial charge on any atom is -0.450 e. The van der Waals surface area contributed by atoms with Crippen molar-refractivity contribution in [1.29, 1.82) is 0 Å². The van der Waals surface area contributed by atoms with Gasteiger partial charge in [0.05, 0.1) is 19.3 Å². The van der Waals surface area contributed by atoms with E-state index in [1.165, 1.54) is 5.56 Å². The number of methoxy groups -OCH3 is 1. The zero-order valence-electron chi connectivity index (χ0n) is 13.2. The van der Waals surface area contributed by atoms with E-state index in [2.05, 4.69) is 17.4 Å². The standard InChI is InChI=1S/C16H24N2O3.ClH/c1-3-21-16(19)18-10-9-14(15(12-18)20-2)17-11-13-7-5-4-6-8-13;/h4-8,14-15,17H,3,9-12H2,1-2H3;1H/t14-,15+;/m0./s1. The second-order valence-corrected chi connectivity index (χ2v) is 5.18. The van der Waals surface area contributed by atoms with Crippen LogP contribution in [0, 0.1) is 0 Å². The highest BCUT2D eigenvalue weighted by Gasteiger charge is 2.31. The number of halogens is 1. The van der Waals surface area contributed by atoms with Gasteiger partial charge in [0.1, 0.15) is 0 Å². The van der Waals surface area contributed by atoms with E-state index in [1.807, 2.05) is 25.1 Å². The van der Waals surface area contributed by atoms with E-state index in [1.54, 1.807) is 12.0 Å². The molecule has 6 heteroatoms. The van der Waals surface area contributed by atoms with Crippen LogP contribution in [0.25, 0.3) is 0 Å². The van der Waals surface area contributed by atoms with Crippen molar-refractivity contribution in [3.05, 3.63) is 35.9 Å². The van der Waals surface area contributed by atoms with Crippen LogP contribution in [0.5, 0.6) is 0 Å². The van der Waals surface area contributed by atoms with Crippen molar-refractivity contribution in [3.8, 4) is 0 Å². The third-order valence-corrected chi connectivity index (χ3v) is 3.80. The number of carbonyl (C=O) groups is 1. The van der Waals surface area contributed by atoms with E-state index in [0.717, 1.165) is 13.0 Å². The van der Waals surface area contributed by atoms with E-state index >= 15 is 0 Å². The molecule has 2 atom stereocenters. The number of hydrogen-bond acceptors (Lipinski definition) is 4. The van der Waals surface area contributed by atoms with E-state index in [9.17, 15) is 4.79 Å². The number of amides is 1. The zero-order chi connectivity index (χ0) is 15.1. The van der Waals surface area contributed by atoms with E-state index in [-0.39, 0.29) is 30.6 Å². The smallest absolute Gasteiger partial charge is 0.409 e. The lowest BCUT2D eigenvalue weighted by molar-refractivity contribution is 0.00342. The molecule has 1 aromatic carbocycles. The topological polar surface area (TPSA) is 50.8 Å². The van der Waals surface area contributed by atoms with Gasteiger partial charge in [-0.15, -0.1) is 12.4 Å². The van der Waals surface area contributed by atoms with Gasteiger partial charge in [-0.1, -0.05) is 30.3 Å². The summed E-state index contributed by atoms with van der Waals surface area (Å²) < 4.78 is 10.6. The molecule has 0 aliphatic carbocycles. The first kappa shape index (κ1) is 18.7. The molecular weight excluding hydrogens is 304 g/mol. The second-order valence-electron chi connectivity index (χ2n) is 5.18. The fourth-order valence-corrected chi connectivity index (χ4v) is 2.61. The molecule has 1 aliphatic heterocycles. The molecule has 1 heterocycles. The maximum absolute atomic E-state index is 11.8. The van der Waals surface area contributed by atoms with Gasteiger partial charge < -0.3 is 19.7 Å². The molecule has 1 aliphatic rings. The fraction of sp³-hybridized carbons (Fsp3) is 0.562. The molecule has 1 aromatic rings. The predicted octanol–water partition coefficient (Wildman–Crippen LogP) is 2.44.